The Kier molecular flexibility index (Phi) is 8.09. The molecule has 1 aromatic carbocycles. The maximum absolute atomic E-state index is 12.8. The number of nitrogens with zero attached hydrogens (tertiary/aromatic N) is 1. The number of aromatic nitrogens is 2. The topological polar surface area (TPSA) is 57.8 Å². The van der Waals surface area contributed by atoms with E-state index in [9.17, 15) is 4.79 Å². The normalized spacial score (nSPS) is 18.2. The molecule has 0 radical (unpaired) electrons. The van der Waals surface area contributed by atoms with Crippen molar-refractivity contribution in [2.24, 2.45) is 5.92 Å². The van der Waals surface area contributed by atoms with Crippen molar-refractivity contribution in [1.82, 2.24) is 15.3 Å². The predicted molar refractivity (Wildman–Crippen MR) is 124 cm³/mol. The van der Waals surface area contributed by atoms with Crippen molar-refractivity contribution in [3.8, 4) is 11.1 Å². The van der Waals surface area contributed by atoms with E-state index in [1.54, 1.807) is 6.20 Å². The van der Waals surface area contributed by atoms with E-state index >= 15 is 0 Å². The Labute approximate surface area is 184 Å². The average molecular weight is 424 g/mol. The summed E-state index contributed by atoms with van der Waals surface area (Å²) in [5.74, 6) is 1.10. The second-order valence-electron chi connectivity index (χ2n) is 7.47. The molecule has 1 fully saturated rings. The molecule has 30 heavy (non-hydrogen) atoms. The minimum Gasteiger partial charge on any atom is -0.366 e. The number of aromatic amines is 1. The molecule has 0 bridgehead atoms. The van der Waals surface area contributed by atoms with Crippen molar-refractivity contribution in [3.63, 3.8) is 0 Å². The number of H-pyrrole nitrogens is 1. The second-order valence-corrected chi connectivity index (χ2v) is 7.88. The van der Waals surface area contributed by atoms with Gasteiger partial charge in [-0.1, -0.05) is 43.6 Å². The van der Waals surface area contributed by atoms with E-state index < -0.39 is 0 Å². The highest BCUT2D eigenvalue weighted by molar-refractivity contribution is 6.33. The lowest BCUT2D eigenvalue weighted by Crippen LogP contribution is -2.31. The minimum absolute atomic E-state index is 0.0487. The third-order valence-corrected chi connectivity index (χ3v) is 6.06. The summed E-state index contributed by atoms with van der Waals surface area (Å²) in [4.78, 5) is 19.9. The van der Waals surface area contributed by atoms with E-state index in [0.29, 0.717) is 22.4 Å². The maximum atomic E-state index is 12.8. The van der Waals surface area contributed by atoms with Crippen molar-refractivity contribution in [1.29, 1.82) is 0 Å². The van der Waals surface area contributed by atoms with Crippen LogP contribution in [0.25, 0.3) is 11.1 Å². The third kappa shape index (κ3) is 5.31. The molecule has 3 aromatic rings. The highest BCUT2D eigenvalue weighted by atomic mass is 35.5. The van der Waals surface area contributed by atoms with Crippen molar-refractivity contribution in [2.75, 3.05) is 6.54 Å². The Balaban J connectivity index is 0.00000124. The van der Waals surface area contributed by atoms with E-state index in [4.69, 9.17) is 11.6 Å². The SMILES string of the molecule is CC.O=C(NCC1CCC(c2ccncc2)CC1)c1c[nH]cc1-c1ccccc1Cl. The molecule has 1 saturated carbocycles. The van der Waals surface area contributed by atoms with Gasteiger partial charge >= 0.3 is 0 Å². The fourth-order valence-electron chi connectivity index (χ4n) is 4.12. The molecule has 5 heteroatoms. The first-order valence-electron chi connectivity index (χ1n) is 10.8. The Morgan fingerprint density at radius 3 is 2.43 bits per heavy atom. The van der Waals surface area contributed by atoms with Gasteiger partial charge in [-0.2, -0.15) is 0 Å². The molecular weight excluding hydrogens is 394 g/mol. The molecule has 1 amide bonds. The molecule has 0 spiro atoms. The van der Waals surface area contributed by atoms with Crippen LogP contribution in [0.1, 0.15) is 61.4 Å². The Morgan fingerprint density at radius 2 is 1.73 bits per heavy atom. The summed E-state index contributed by atoms with van der Waals surface area (Å²) >= 11 is 6.31. The van der Waals surface area contributed by atoms with Gasteiger partial charge in [0.1, 0.15) is 0 Å². The summed E-state index contributed by atoms with van der Waals surface area (Å²) in [5.41, 5.74) is 3.73. The average Bonchev–Trinajstić information content (AvgIpc) is 3.30. The summed E-state index contributed by atoms with van der Waals surface area (Å²) in [6.07, 6.45) is 11.9. The third-order valence-electron chi connectivity index (χ3n) is 5.73. The van der Waals surface area contributed by atoms with Crippen LogP contribution in [0.15, 0.2) is 61.2 Å². The molecule has 0 aliphatic heterocycles. The van der Waals surface area contributed by atoms with Gasteiger partial charge in [-0.15, -0.1) is 0 Å². The number of rotatable bonds is 5. The van der Waals surface area contributed by atoms with Crippen molar-refractivity contribution in [3.05, 3.63) is 77.3 Å². The van der Waals surface area contributed by atoms with Crippen LogP contribution in [0.5, 0.6) is 0 Å². The molecule has 4 rings (SSSR count). The number of halogens is 1. The molecule has 0 atom stereocenters. The number of amides is 1. The smallest absolute Gasteiger partial charge is 0.253 e. The van der Waals surface area contributed by atoms with Gasteiger partial charge in [-0.25, -0.2) is 0 Å². The number of hydrogen-bond donors (Lipinski definition) is 2. The molecule has 1 aliphatic carbocycles. The van der Waals surface area contributed by atoms with Crippen molar-refractivity contribution >= 4 is 17.5 Å². The molecule has 0 unspecified atom stereocenters. The van der Waals surface area contributed by atoms with Crippen LogP contribution in [0.4, 0.5) is 0 Å². The molecule has 158 valence electrons. The zero-order valence-electron chi connectivity index (χ0n) is 17.7. The summed E-state index contributed by atoms with van der Waals surface area (Å²) in [5, 5.41) is 3.77. The Bertz CT molecular complexity index is 930. The molecule has 1 aliphatic rings. The van der Waals surface area contributed by atoms with Gasteiger partial charge in [0.15, 0.2) is 0 Å². The van der Waals surface area contributed by atoms with Crippen LogP contribution in [-0.4, -0.2) is 22.4 Å². The van der Waals surface area contributed by atoms with E-state index in [-0.39, 0.29) is 5.91 Å². The highest BCUT2D eigenvalue weighted by Gasteiger charge is 2.23. The van der Waals surface area contributed by atoms with Gasteiger partial charge < -0.3 is 10.3 Å². The van der Waals surface area contributed by atoms with Crippen molar-refractivity contribution < 1.29 is 4.79 Å². The van der Waals surface area contributed by atoms with Gasteiger partial charge in [0.05, 0.1) is 5.56 Å². The van der Waals surface area contributed by atoms with Crippen LogP contribution >= 0.6 is 11.6 Å². The fraction of sp³-hybridized carbons (Fsp3) is 0.360. The lowest BCUT2D eigenvalue weighted by molar-refractivity contribution is 0.0943. The minimum atomic E-state index is -0.0487. The second kappa shape index (κ2) is 11.0. The predicted octanol–water partition coefficient (Wildman–Crippen LogP) is 6.46. The maximum Gasteiger partial charge on any atom is 0.253 e. The van der Waals surface area contributed by atoms with Gasteiger partial charge in [-0.05, 0) is 61.3 Å². The van der Waals surface area contributed by atoms with E-state index in [1.165, 1.54) is 18.4 Å². The summed E-state index contributed by atoms with van der Waals surface area (Å²) in [6, 6.07) is 11.8. The van der Waals surface area contributed by atoms with Crippen LogP contribution in [0, 0.1) is 5.92 Å². The number of nitrogens with one attached hydrogen (secondary N) is 2. The van der Waals surface area contributed by atoms with Crippen LogP contribution in [0.3, 0.4) is 0 Å². The summed E-state index contributed by atoms with van der Waals surface area (Å²) < 4.78 is 0. The van der Waals surface area contributed by atoms with Crippen LogP contribution < -0.4 is 5.32 Å². The van der Waals surface area contributed by atoms with E-state index in [2.05, 4.69) is 27.4 Å². The quantitative estimate of drug-likeness (QED) is 0.494. The largest absolute Gasteiger partial charge is 0.366 e. The molecule has 2 aromatic heterocycles. The van der Waals surface area contributed by atoms with E-state index in [1.807, 2.05) is 56.7 Å². The summed E-state index contributed by atoms with van der Waals surface area (Å²) in [6.45, 7) is 4.72. The first-order valence-corrected chi connectivity index (χ1v) is 11.2. The Hall–Kier alpha value is -2.59. The first-order chi connectivity index (χ1) is 14.7. The number of benzene rings is 1. The molecular formula is C25H30ClN3O. The molecule has 2 heterocycles. The monoisotopic (exact) mass is 423 g/mol. The number of carbonyl (C=O) groups is 1. The number of hydrogen-bond acceptors (Lipinski definition) is 2. The fourth-order valence-corrected chi connectivity index (χ4v) is 4.36. The van der Waals surface area contributed by atoms with Gasteiger partial charge in [-0.3, -0.25) is 9.78 Å². The highest BCUT2D eigenvalue weighted by Crippen LogP contribution is 2.35. The van der Waals surface area contributed by atoms with Gasteiger partial charge in [0.2, 0.25) is 0 Å². The lowest BCUT2D eigenvalue weighted by Gasteiger charge is -2.28. The molecule has 4 nitrogen and oxygen atoms in total. The van der Waals surface area contributed by atoms with Crippen LogP contribution in [0.2, 0.25) is 5.02 Å². The summed E-state index contributed by atoms with van der Waals surface area (Å²) in [7, 11) is 0. The van der Waals surface area contributed by atoms with Crippen molar-refractivity contribution in [2.45, 2.75) is 45.4 Å². The standard InChI is InChI=1S/C23H24ClN3O.C2H6/c24-22-4-2-1-3-19(22)20-14-26-15-21(20)23(28)27-13-16-5-7-17(8-6-16)18-9-11-25-12-10-18;1-2/h1-4,9-12,14-17,26H,5-8,13H2,(H,27,28);1-2H3. The van der Waals surface area contributed by atoms with E-state index in [0.717, 1.165) is 30.5 Å². The zero-order valence-corrected chi connectivity index (χ0v) is 18.5. The lowest BCUT2D eigenvalue weighted by atomic mass is 9.79. The van der Waals surface area contributed by atoms with Gasteiger partial charge in [0.25, 0.3) is 5.91 Å². The molecule has 0 saturated heterocycles. The molecule has 2 N–H and O–H groups in total. The number of pyridine rings is 1. The number of carbonyl (C=O) groups excluding carboxylic acids is 1. The first kappa shape index (κ1) is 22.1. The Morgan fingerprint density at radius 1 is 1.03 bits per heavy atom. The van der Waals surface area contributed by atoms with Crippen LogP contribution in [-0.2, 0) is 0 Å². The van der Waals surface area contributed by atoms with Gasteiger partial charge in [0, 0.05) is 47.5 Å². The zero-order chi connectivity index (χ0) is 21.3.